The molecule has 0 atom stereocenters. The predicted molar refractivity (Wildman–Crippen MR) is 115 cm³/mol. The van der Waals surface area contributed by atoms with Gasteiger partial charge >= 0.3 is 0 Å². The molecule has 0 radical (unpaired) electrons. The lowest BCUT2D eigenvalue weighted by atomic mass is 10.1. The van der Waals surface area contributed by atoms with Crippen LogP contribution in [0.25, 0.3) is 6.08 Å². The average molecular weight is 532 g/mol. The molecule has 2 aromatic rings. The topological polar surface area (TPSA) is 94.3 Å². The minimum Gasteiger partial charge on any atom is -0.506 e. The number of amides is 1. The van der Waals surface area contributed by atoms with Crippen molar-refractivity contribution in [1.29, 1.82) is 0 Å². The SMILES string of the molecule is O=C1N/C(=N/N=Cc2ccc(Cl)cc2)SC1=Cc1cc(Br)c(O)c(Br)c1O. The molecule has 0 saturated carbocycles. The van der Waals surface area contributed by atoms with Gasteiger partial charge in [-0.25, -0.2) is 0 Å². The fourth-order valence-corrected chi connectivity index (χ4v) is 4.09. The first-order chi connectivity index (χ1) is 12.8. The van der Waals surface area contributed by atoms with Crippen LogP contribution in [0.4, 0.5) is 0 Å². The molecule has 1 heterocycles. The van der Waals surface area contributed by atoms with Crippen molar-refractivity contribution >= 4 is 78.6 Å². The van der Waals surface area contributed by atoms with Gasteiger partial charge in [0.1, 0.15) is 16.0 Å². The molecule has 1 aliphatic heterocycles. The number of thioether (sulfide) groups is 1. The van der Waals surface area contributed by atoms with Crippen LogP contribution in [0, 0.1) is 0 Å². The number of nitrogens with one attached hydrogen (secondary N) is 1. The number of phenols is 2. The Morgan fingerprint density at radius 3 is 2.56 bits per heavy atom. The van der Waals surface area contributed by atoms with Gasteiger partial charge in [0.2, 0.25) is 0 Å². The first-order valence-electron chi connectivity index (χ1n) is 7.32. The number of rotatable bonds is 3. The quantitative estimate of drug-likeness (QED) is 0.299. The Bertz CT molecular complexity index is 1010. The van der Waals surface area contributed by atoms with E-state index in [1.807, 2.05) is 0 Å². The van der Waals surface area contributed by atoms with Crippen molar-refractivity contribution in [3.05, 3.63) is 60.3 Å². The molecular weight excluding hydrogens is 522 g/mol. The summed E-state index contributed by atoms with van der Waals surface area (Å²) in [7, 11) is 0. The van der Waals surface area contributed by atoms with Crippen LogP contribution in [0.15, 0.2) is 54.4 Å². The van der Waals surface area contributed by atoms with E-state index in [1.165, 1.54) is 18.4 Å². The first-order valence-corrected chi connectivity index (χ1v) is 10.1. The highest BCUT2D eigenvalue weighted by atomic mass is 79.9. The zero-order chi connectivity index (χ0) is 19.6. The van der Waals surface area contributed by atoms with Gasteiger partial charge in [-0.15, -0.1) is 5.10 Å². The minimum atomic E-state index is -0.361. The maximum Gasteiger partial charge on any atom is 0.264 e. The van der Waals surface area contributed by atoms with E-state index in [9.17, 15) is 15.0 Å². The number of benzene rings is 2. The highest BCUT2D eigenvalue weighted by Gasteiger charge is 2.25. The van der Waals surface area contributed by atoms with Gasteiger partial charge in [0.25, 0.3) is 5.91 Å². The van der Waals surface area contributed by atoms with E-state index in [4.69, 9.17) is 11.6 Å². The van der Waals surface area contributed by atoms with Gasteiger partial charge in [-0.3, -0.25) is 10.1 Å². The number of phenolic OH excluding ortho intramolecular Hbond substituents is 2. The molecular formula is C17H10Br2ClN3O3S. The number of hydrogen-bond acceptors (Lipinski definition) is 6. The highest BCUT2D eigenvalue weighted by molar-refractivity contribution is 9.11. The lowest BCUT2D eigenvalue weighted by Crippen LogP contribution is -2.19. The Balaban J connectivity index is 1.79. The van der Waals surface area contributed by atoms with Crippen molar-refractivity contribution in [2.75, 3.05) is 0 Å². The summed E-state index contributed by atoms with van der Waals surface area (Å²) in [5.41, 5.74) is 1.17. The Morgan fingerprint density at radius 1 is 1.15 bits per heavy atom. The third kappa shape index (κ3) is 4.73. The molecule has 0 unspecified atom stereocenters. The fraction of sp³-hybridized carbons (Fsp3) is 0. The van der Waals surface area contributed by atoms with E-state index in [-0.39, 0.29) is 21.9 Å². The fourth-order valence-electron chi connectivity index (χ4n) is 2.04. The maximum atomic E-state index is 12.1. The molecule has 6 nitrogen and oxygen atoms in total. The molecule has 2 aromatic carbocycles. The number of carbonyl (C=O) groups is 1. The van der Waals surface area contributed by atoms with Gasteiger partial charge in [-0.1, -0.05) is 23.7 Å². The highest BCUT2D eigenvalue weighted by Crippen LogP contribution is 2.42. The van der Waals surface area contributed by atoms with Crippen LogP contribution in [-0.2, 0) is 4.79 Å². The Kier molecular flexibility index (Phi) is 6.25. The zero-order valence-electron chi connectivity index (χ0n) is 13.3. The second-order valence-corrected chi connectivity index (χ2v) is 8.34. The molecule has 1 saturated heterocycles. The summed E-state index contributed by atoms with van der Waals surface area (Å²) < 4.78 is 0.512. The zero-order valence-corrected chi connectivity index (χ0v) is 18.0. The van der Waals surface area contributed by atoms with Crippen molar-refractivity contribution in [2.24, 2.45) is 10.2 Å². The van der Waals surface area contributed by atoms with Crippen molar-refractivity contribution in [2.45, 2.75) is 0 Å². The number of aromatic hydroxyl groups is 2. The molecule has 138 valence electrons. The van der Waals surface area contributed by atoms with Gasteiger partial charge in [-0.2, -0.15) is 5.10 Å². The van der Waals surface area contributed by atoms with Crippen LogP contribution in [0.2, 0.25) is 5.02 Å². The molecule has 0 spiro atoms. The van der Waals surface area contributed by atoms with Crippen molar-refractivity contribution in [3.63, 3.8) is 0 Å². The van der Waals surface area contributed by atoms with Crippen LogP contribution in [0.1, 0.15) is 11.1 Å². The number of halogens is 3. The van der Waals surface area contributed by atoms with Crippen molar-refractivity contribution in [1.82, 2.24) is 5.32 Å². The largest absolute Gasteiger partial charge is 0.506 e. The summed E-state index contributed by atoms with van der Waals surface area (Å²) in [6.07, 6.45) is 3.04. The molecule has 1 aliphatic rings. The van der Waals surface area contributed by atoms with Gasteiger partial charge in [-0.05, 0) is 73.5 Å². The van der Waals surface area contributed by atoms with E-state index in [2.05, 4.69) is 47.4 Å². The lowest BCUT2D eigenvalue weighted by Gasteiger charge is -2.06. The Morgan fingerprint density at radius 2 is 1.85 bits per heavy atom. The minimum absolute atomic E-state index is 0.128. The number of carbonyl (C=O) groups excluding carboxylic acids is 1. The second kappa shape index (κ2) is 8.47. The van der Waals surface area contributed by atoms with Crippen LogP contribution in [0.5, 0.6) is 11.5 Å². The molecule has 3 rings (SSSR count). The molecule has 0 bridgehead atoms. The summed E-state index contributed by atoms with van der Waals surface area (Å²) in [6, 6.07) is 8.57. The van der Waals surface area contributed by atoms with Gasteiger partial charge in [0, 0.05) is 10.6 Å². The molecule has 1 fully saturated rings. The van der Waals surface area contributed by atoms with Crippen molar-refractivity contribution in [3.8, 4) is 11.5 Å². The third-order valence-corrected chi connectivity index (χ3v) is 5.87. The van der Waals surface area contributed by atoms with E-state index < -0.39 is 0 Å². The number of hydrogen-bond donors (Lipinski definition) is 3. The van der Waals surface area contributed by atoms with Crippen LogP contribution in [0.3, 0.4) is 0 Å². The third-order valence-electron chi connectivity index (χ3n) is 3.36. The first kappa shape index (κ1) is 19.9. The monoisotopic (exact) mass is 529 g/mol. The van der Waals surface area contributed by atoms with Gasteiger partial charge in [0.05, 0.1) is 15.6 Å². The summed E-state index contributed by atoms with van der Waals surface area (Å²) in [5.74, 6) is -0.667. The van der Waals surface area contributed by atoms with E-state index in [0.717, 1.165) is 17.3 Å². The van der Waals surface area contributed by atoms with Crippen LogP contribution < -0.4 is 5.32 Å². The molecule has 10 heteroatoms. The molecule has 3 N–H and O–H groups in total. The maximum absolute atomic E-state index is 12.1. The molecule has 0 aliphatic carbocycles. The second-order valence-electron chi connectivity index (χ2n) is 5.22. The van der Waals surface area contributed by atoms with Crippen LogP contribution in [-0.4, -0.2) is 27.5 Å². The standard InChI is InChI=1S/C17H10Br2ClN3O3S/c18-11-5-9(14(24)13(19)15(11)25)6-12-16(26)22-17(27-12)23-21-7-8-1-3-10(20)4-2-8/h1-7,24-25H,(H,22,23,26). The normalized spacial score (nSPS) is 17.2. The predicted octanol–water partition coefficient (Wildman–Crippen LogP) is 4.87. The summed E-state index contributed by atoms with van der Waals surface area (Å²) >= 11 is 13.2. The van der Waals surface area contributed by atoms with E-state index in [1.54, 1.807) is 24.3 Å². The van der Waals surface area contributed by atoms with Gasteiger partial charge in [0.15, 0.2) is 5.17 Å². The number of amidine groups is 1. The molecule has 0 aromatic heterocycles. The number of nitrogens with zero attached hydrogens (tertiary/aromatic N) is 2. The average Bonchev–Trinajstić information content (AvgIpc) is 2.99. The van der Waals surface area contributed by atoms with Crippen molar-refractivity contribution < 1.29 is 15.0 Å². The molecule has 1 amide bonds. The van der Waals surface area contributed by atoms with E-state index in [0.29, 0.717) is 25.1 Å². The summed E-state index contributed by atoms with van der Waals surface area (Å²) in [5, 5.41) is 31.4. The molecule has 27 heavy (non-hydrogen) atoms. The van der Waals surface area contributed by atoms with Gasteiger partial charge < -0.3 is 10.2 Å². The summed E-state index contributed by atoms with van der Waals surface area (Å²) in [6.45, 7) is 0. The Labute approximate surface area is 180 Å². The summed E-state index contributed by atoms with van der Waals surface area (Å²) in [4.78, 5) is 12.4. The Hall–Kier alpha value is -1.81. The smallest absolute Gasteiger partial charge is 0.264 e. The lowest BCUT2D eigenvalue weighted by molar-refractivity contribution is -0.115. The van der Waals surface area contributed by atoms with Crippen LogP contribution >= 0.6 is 55.2 Å². The van der Waals surface area contributed by atoms with E-state index >= 15 is 0 Å².